The van der Waals surface area contributed by atoms with Crippen LogP contribution in [0.25, 0.3) is 5.69 Å². The molecule has 5 heteroatoms. The maximum absolute atomic E-state index is 13.5. The second-order valence-corrected chi connectivity index (χ2v) is 4.49. The molecule has 0 bridgehead atoms. The van der Waals surface area contributed by atoms with Crippen molar-refractivity contribution in [2.45, 2.75) is 0 Å². The summed E-state index contributed by atoms with van der Waals surface area (Å²) in [5, 5.41) is 4.15. The van der Waals surface area contributed by atoms with Crippen LogP contribution in [0.3, 0.4) is 0 Å². The van der Waals surface area contributed by atoms with Crippen molar-refractivity contribution in [1.29, 1.82) is 0 Å². The van der Waals surface area contributed by atoms with Gasteiger partial charge in [-0.25, -0.2) is 9.07 Å². The average molecular weight is 281 g/mol. The Morgan fingerprint density at radius 3 is 2.57 bits per heavy atom. The highest BCUT2D eigenvalue weighted by molar-refractivity contribution is 6.11. The molecule has 3 aromatic rings. The number of ketones is 1. The lowest BCUT2D eigenvalue weighted by Gasteiger charge is -2.08. The molecule has 0 spiro atoms. The quantitative estimate of drug-likeness (QED) is 0.593. The van der Waals surface area contributed by atoms with Crippen molar-refractivity contribution in [2.24, 2.45) is 0 Å². The van der Waals surface area contributed by atoms with Crippen molar-refractivity contribution in [3.63, 3.8) is 0 Å². The SMILES string of the molecule is Nc1c(F)cccc1C(=O)c1ccnn1-c1ccccc1. The number of anilines is 1. The molecule has 0 saturated heterocycles. The lowest BCUT2D eigenvalue weighted by Crippen LogP contribution is -2.12. The third kappa shape index (κ3) is 2.29. The summed E-state index contributed by atoms with van der Waals surface area (Å²) in [6, 6.07) is 15.0. The zero-order valence-electron chi connectivity index (χ0n) is 11.0. The van der Waals surface area contributed by atoms with E-state index in [1.165, 1.54) is 29.1 Å². The van der Waals surface area contributed by atoms with Crippen molar-refractivity contribution >= 4 is 11.5 Å². The molecule has 0 fully saturated rings. The van der Waals surface area contributed by atoms with E-state index in [0.29, 0.717) is 5.69 Å². The first-order valence-electron chi connectivity index (χ1n) is 6.36. The summed E-state index contributed by atoms with van der Waals surface area (Å²) in [6.07, 6.45) is 1.52. The van der Waals surface area contributed by atoms with Gasteiger partial charge in [0.1, 0.15) is 11.5 Å². The van der Waals surface area contributed by atoms with Crippen LogP contribution < -0.4 is 5.73 Å². The van der Waals surface area contributed by atoms with Gasteiger partial charge in [-0.1, -0.05) is 24.3 Å². The molecular weight excluding hydrogens is 269 g/mol. The molecule has 104 valence electrons. The Labute approximate surface area is 120 Å². The fraction of sp³-hybridized carbons (Fsp3) is 0. The number of hydrogen-bond donors (Lipinski definition) is 1. The first kappa shape index (κ1) is 13.1. The number of nitrogen functional groups attached to an aromatic ring is 1. The van der Waals surface area contributed by atoms with E-state index in [2.05, 4.69) is 5.10 Å². The lowest BCUT2D eigenvalue weighted by atomic mass is 10.1. The molecule has 2 N–H and O–H groups in total. The number of halogens is 1. The number of nitrogens with two attached hydrogens (primary N) is 1. The third-order valence-corrected chi connectivity index (χ3v) is 3.17. The van der Waals surface area contributed by atoms with Gasteiger partial charge in [0.15, 0.2) is 0 Å². The van der Waals surface area contributed by atoms with Crippen LogP contribution in [0.1, 0.15) is 16.1 Å². The van der Waals surface area contributed by atoms with Gasteiger partial charge >= 0.3 is 0 Å². The number of carbonyl (C=O) groups excluding carboxylic acids is 1. The predicted molar refractivity (Wildman–Crippen MR) is 77.8 cm³/mol. The number of aromatic nitrogens is 2. The fourth-order valence-corrected chi connectivity index (χ4v) is 2.12. The van der Waals surface area contributed by atoms with Crippen molar-refractivity contribution in [3.8, 4) is 5.69 Å². The Bertz CT molecular complexity index is 796. The second kappa shape index (κ2) is 5.20. The second-order valence-electron chi connectivity index (χ2n) is 4.49. The maximum atomic E-state index is 13.5. The number of para-hydroxylation sites is 2. The maximum Gasteiger partial charge on any atom is 0.213 e. The van der Waals surface area contributed by atoms with Crippen LogP contribution in [-0.4, -0.2) is 15.6 Å². The van der Waals surface area contributed by atoms with Gasteiger partial charge in [-0.15, -0.1) is 0 Å². The smallest absolute Gasteiger partial charge is 0.213 e. The third-order valence-electron chi connectivity index (χ3n) is 3.17. The summed E-state index contributed by atoms with van der Waals surface area (Å²) in [5.41, 5.74) is 6.72. The van der Waals surface area contributed by atoms with E-state index in [0.717, 1.165) is 5.69 Å². The molecule has 0 atom stereocenters. The standard InChI is InChI=1S/C16H12FN3O/c17-13-8-4-7-12(15(13)18)16(21)14-9-10-19-20(14)11-5-2-1-3-6-11/h1-10H,18H2. The minimum atomic E-state index is -0.605. The van der Waals surface area contributed by atoms with E-state index < -0.39 is 5.82 Å². The molecule has 2 aromatic carbocycles. The van der Waals surface area contributed by atoms with Crippen molar-refractivity contribution in [3.05, 3.63) is 77.9 Å². The van der Waals surface area contributed by atoms with Gasteiger partial charge in [-0.2, -0.15) is 5.10 Å². The van der Waals surface area contributed by atoms with Crippen molar-refractivity contribution < 1.29 is 9.18 Å². The molecule has 0 saturated carbocycles. The normalized spacial score (nSPS) is 10.5. The summed E-state index contributed by atoms with van der Waals surface area (Å²) in [7, 11) is 0. The number of benzene rings is 2. The van der Waals surface area contributed by atoms with Crippen LogP contribution >= 0.6 is 0 Å². The molecule has 1 heterocycles. The van der Waals surface area contributed by atoms with Crippen molar-refractivity contribution in [1.82, 2.24) is 9.78 Å². The van der Waals surface area contributed by atoms with E-state index in [-0.39, 0.29) is 17.0 Å². The van der Waals surface area contributed by atoms with E-state index in [4.69, 9.17) is 5.73 Å². The fourth-order valence-electron chi connectivity index (χ4n) is 2.12. The molecule has 1 aromatic heterocycles. The molecule has 0 aliphatic carbocycles. The molecule has 0 unspecified atom stereocenters. The van der Waals surface area contributed by atoms with E-state index in [9.17, 15) is 9.18 Å². The van der Waals surface area contributed by atoms with Gasteiger partial charge in [0.2, 0.25) is 5.78 Å². The number of hydrogen-bond acceptors (Lipinski definition) is 3. The number of carbonyl (C=O) groups is 1. The van der Waals surface area contributed by atoms with Gasteiger partial charge in [0.25, 0.3) is 0 Å². The Hall–Kier alpha value is -2.95. The van der Waals surface area contributed by atoms with Gasteiger partial charge < -0.3 is 5.73 Å². The predicted octanol–water partition coefficient (Wildman–Crippen LogP) is 2.82. The topological polar surface area (TPSA) is 60.9 Å². The summed E-state index contributed by atoms with van der Waals surface area (Å²) in [4.78, 5) is 12.6. The summed E-state index contributed by atoms with van der Waals surface area (Å²) < 4.78 is 15.0. The molecule has 0 aliphatic rings. The Morgan fingerprint density at radius 1 is 1.05 bits per heavy atom. The highest BCUT2D eigenvalue weighted by Crippen LogP contribution is 2.21. The molecule has 0 amide bonds. The molecule has 3 rings (SSSR count). The highest BCUT2D eigenvalue weighted by Gasteiger charge is 2.19. The number of nitrogens with zero attached hydrogens (tertiary/aromatic N) is 2. The van der Waals surface area contributed by atoms with Crippen LogP contribution in [0.2, 0.25) is 0 Å². The largest absolute Gasteiger partial charge is 0.396 e. The zero-order valence-corrected chi connectivity index (χ0v) is 11.0. The molecular formula is C16H12FN3O. The van der Waals surface area contributed by atoms with Crippen LogP contribution in [0.4, 0.5) is 10.1 Å². The summed E-state index contributed by atoms with van der Waals surface area (Å²) in [5.74, 6) is -0.972. The lowest BCUT2D eigenvalue weighted by molar-refractivity contribution is 0.103. The minimum Gasteiger partial charge on any atom is -0.396 e. The first-order valence-corrected chi connectivity index (χ1v) is 6.36. The molecule has 21 heavy (non-hydrogen) atoms. The van der Waals surface area contributed by atoms with Crippen molar-refractivity contribution in [2.75, 3.05) is 5.73 Å². The first-order chi connectivity index (χ1) is 10.2. The van der Waals surface area contributed by atoms with Crippen LogP contribution in [0, 0.1) is 5.82 Å². The Balaban J connectivity index is 2.08. The van der Waals surface area contributed by atoms with Gasteiger partial charge in [0, 0.05) is 0 Å². The zero-order chi connectivity index (χ0) is 14.8. The van der Waals surface area contributed by atoms with E-state index in [1.807, 2.05) is 30.3 Å². The van der Waals surface area contributed by atoms with Gasteiger partial charge in [-0.3, -0.25) is 4.79 Å². The minimum absolute atomic E-state index is 0.132. The van der Waals surface area contributed by atoms with Crippen LogP contribution in [0.15, 0.2) is 60.8 Å². The Morgan fingerprint density at radius 2 is 1.81 bits per heavy atom. The van der Waals surface area contributed by atoms with Gasteiger partial charge in [0.05, 0.1) is 23.1 Å². The van der Waals surface area contributed by atoms with Gasteiger partial charge in [-0.05, 0) is 30.3 Å². The molecule has 0 radical (unpaired) electrons. The summed E-state index contributed by atoms with van der Waals surface area (Å²) >= 11 is 0. The van der Waals surface area contributed by atoms with Crippen LogP contribution in [-0.2, 0) is 0 Å². The summed E-state index contributed by atoms with van der Waals surface area (Å²) in [6.45, 7) is 0. The van der Waals surface area contributed by atoms with E-state index >= 15 is 0 Å². The molecule has 4 nitrogen and oxygen atoms in total. The molecule has 0 aliphatic heterocycles. The van der Waals surface area contributed by atoms with Crippen LogP contribution in [0.5, 0.6) is 0 Å². The van der Waals surface area contributed by atoms with E-state index in [1.54, 1.807) is 6.07 Å². The highest BCUT2D eigenvalue weighted by atomic mass is 19.1. The monoisotopic (exact) mass is 281 g/mol. The average Bonchev–Trinajstić information content (AvgIpc) is 3.00. The Kier molecular flexibility index (Phi) is 3.23. The number of rotatable bonds is 3.